The molecule has 0 aliphatic carbocycles. The van der Waals surface area contributed by atoms with E-state index in [0.717, 1.165) is 0 Å². The van der Waals surface area contributed by atoms with Crippen molar-refractivity contribution >= 4 is 77.8 Å². The summed E-state index contributed by atoms with van der Waals surface area (Å²) in [6.45, 7) is 0. The van der Waals surface area contributed by atoms with Gasteiger partial charge in [0.1, 0.15) is 21.1 Å². The van der Waals surface area contributed by atoms with E-state index >= 15 is 0 Å². The van der Waals surface area contributed by atoms with Crippen molar-refractivity contribution in [3.05, 3.63) is 51.9 Å². The average molecular weight is 505 g/mol. The Morgan fingerprint density at radius 1 is 0.958 bits per heavy atom. The Kier molecular flexibility index (Phi) is 7.08. The first-order chi connectivity index (χ1) is 11.0. The van der Waals surface area contributed by atoms with E-state index < -0.39 is 15.5 Å². The van der Waals surface area contributed by atoms with Crippen molar-refractivity contribution in [1.29, 1.82) is 0 Å². The number of anilines is 2. The Labute approximate surface area is 160 Å². The smallest absolute Gasteiger partial charge is 0.329 e. The molecule has 2 aromatic heterocycles. The van der Waals surface area contributed by atoms with Gasteiger partial charge in [-0.05, 0) is 31.9 Å². The maximum atomic E-state index is 10.4. The van der Waals surface area contributed by atoms with E-state index in [1.807, 2.05) is 0 Å². The lowest BCUT2D eigenvalue weighted by molar-refractivity contribution is -0.385. The molecular formula is C10H6Br2Cl2N6O4. The minimum Gasteiger partial charge on any atom is -0.393 e. The lowest BCUT2D eigenvalue weighted by atomic mass is 10.4. The number of hydrogen-bond acceptors (Lipinski definition) is 8. The van der Waals surface area contributed by atoms with Crippen molar-refractivity contribution < 1.29 is 9.85 Å². The summed E-state index contributed by atoms with van der Waals surface area (Å²) in [5.74, 6) is 0. The third kappa shape index (κ3) is 5.12. The number of pyridine rings is 2. The molecule has 0 radical (unpaired) electrons. The standard InChI is InChI=1S/C5H3Br2N3O2.C5H3Cl2N3O2/c2*6-3-1-2(8)4(10(11)12)5(7)9-3/h2*1H,(H2,8,9). The van der Waals surface area contributed by atoms with E-state index in [-0.39, 0.29) is 32.0 Å². The molecule has 0 aliphatic rings. The van der Waals surface area contributed by atoms with Gasteiger partial charge in [-0.2, -0.15) is 0 Å². The van der Waals surface area contributed by atoms with Crippen LogP contribution >= 0.6 is 55.1 Å². The van der Waals surface area contributed by atoms with Crippen LogP contribution in [-0.2, 0) is 0 Å². The number of halogens is 4. The Hall–Kier alpha value is -1.76. The highest BCUT2D eigenvalue weighted by atomic mass is 79.9. The van der Waals surface area contributed by atoms with Crippen LogP contribution in [0.1, 0.15) is 0 Å². The Morgan fingerprint density at radius 3 is 1.88 bits per heavy atom. The molecule has 0 bridgehead atoms. The number of nitrogens with zero attached hydrogens (tertiary/aromatic N) is 4. The summed E-state index contributed by atoms with van der Waals surface area (Å²) >= 11 is 16.8. The number of aromatic nitrogens is 2. The van der Waals surface area contributed by atoms with Crippen LogP contribution in [-0.4, -0.2) is 19.8 Å². The Morgan fingerprint density at radius 2 is 1.46 bits per heavy atom. The van der Waals surface area contributed by atoms with Gasteiger partial charge in [0, 0.05) is 12.1 Å². The van der Waals surface area contributed by atoms with Crippen LogP contribution in [0, 0.1) is 20.2 Å². The molecule has 0 unspecified atom stereocenters. The normalized spacial score (nSPS) is 9.83. The van der Waals surface area contributed by atoms with Crippen LogP contribution in [0.25, 0.3) is 0 Å². The summed E-state index contributed by atoms with van der Waals surface area (Å²) in [4.78, 5) is 26.6. The molecule has 14 heteroatoms. The van der Waals surface area contributed by atoms with Crippen LogP contribution in [0.15, 0.2) is 21.3 Å². The number of rotatable bonds is 2. The quantitative estimate of drug-likeness (QED) is 0.352. The van der Waals surface area contributed by atoms with Crippen molar-refractivity contribution in [1.82, 2.24) is 9.97 Å². The highest BCUT2D eigenvalue weighted by Crippen LogP contribution is 2.31. The molecule has 2 aromatic rings. The summed E-state index contributed by atoms with van der Waals surface area (Å²) in [7, 11) is 0. The van der Waals surface area contributed by atoms with Gasteiger partial charge in [-0.25, -0.2) is 9.97 Å². The number of nitro groups is 2. The predicted octanol–water partition coefficient (Wildman–Crippen LogP) is 3.98. The predicted molar refractivity (Wildman–Crippen MR) is 96.0 cm³/mol. The van der Waals surface area contributed by atoms with Gasteiger partial charge in [-0.1, -0.05) is 23.2 Å². The molecule has 2 rings (SSSR count). The molecule has 2 heterocycles. The van der Waals surface area contributed by atoms with Gasteiger partial charge >= 0.3 is 11.4 Å². The van der Waals surface area contributed by atoms with Gasteiger partial charge in [0.05, 0.1) is 9.85 Å². The van der Waals surface area contributed by atoms with E-state index in [9.17, 15) is 20.2 Å². The van der Waals surface area contributed by atoms with Crippen molar-refractivity contribution in [2.75, 3.05) is 11.5 Å². The summed E-state index contributed by atoms with van der Waals surface area (Å²) in [6, 6.07) is 2.55. The first-order valence-electron chi connectivity index (χ1n) is 5.56. The van der Waals surface area contributed by atoms with E-state index in [1.54, 1.807) is 0 Å². The van der Waals surface area contributed by atoms with Crippen LogP contribution in [0.4, 0.5) is 22.7 Å². The molecule has 0 amide bonds. The zero-order valence-electron chi connectivity index (χ0n) is 11.2. The third-order valence-corrected chi connectivity index (χ3v) is 3.68. The minimum atomic E-state index is -0.707. The molecule has 4 N–H and O–H groups in total. The van der Waals surface area contributed by atoms with E-state index in [1.165, 1.54) is 12.1 Å². The van der Waals surface area contributed by atoms with Crippen LogP contribution < -0.4 is 11.5 Å². The monoisotopic (exact) mass is 502 g/mol. The summed E-state index contributed by atoms with van der Waals surface area (Å²) in [5, 5.41) is 20.4. The topological polar surface area (TPSA) is 164 Å². The third-order valence-electron chi connectivity index (χ3n) is 2.26. The molecule has 0 aromatic carbocycles. The number of nitrogen functional groups attached to an aromatic ring is 2. The highest BCUT2D eigenvalue weighted by molar-refractivity contribution is 9.11. The van der Waals surface area contributed by atoms with Gasteiger partial charge < -0.3 is 11.5 Å². The molecular weight excluding hydrogens is 499 g/mol. The van der Waals surface area contributed by atoms with E-state index in [0.29, 0.717) is 4.60 Å². The second kappa shape index (κ2) is 8.37. The molecule has 0 atom stereocenters. The van der Waals surface area contributed by atoms with Crippen molar-refractivity contribution in [2.24, 2.45) is 0 Å². The fraction of sp³-hybridized carbons (Fsp3) is 0. The molecule has 0 spiro atoms. The van der Waals surface area contributed by atoms with Crippen LogP contribution in [0.3, 0.4) is 0 Å². The zero-order valence-corrected chi connectivity index (χ0v) is 15.9. The summed E-state index contributed by atoms with van der Waals surface area (Å²) in [6.07, 6.45) is 0. The second-order valence-corrected chi connectivity index (χ2v) is 6.17. The van der Waals surface area contributed by atoms with Gasteiger partial charge in [-0.3, -0.25) is 20.2 Å². The van der Waals surface area contributed by atoms with Gasteiger partial charge in [0.2, 0.25) is 5.15 Å². The fourth-order valence-electron chi connectivity index (χ4n) is 1.35. The molecule has 128 valence electrons. The van der Waals surface area contributed by atoms with Gasteiger partial charge in [-0.15, -0.1) is 0 Å². The van der Waals surface area contributed by atoms with Gasteiger partial charge in [0.15, 0.2) is 4.60 Å². The largest absolute Gasteiger partial charge is 0.393 e. The molecule has 24 heavy (non-hydrogen) atoms. The highest BCUT2D eigenvalue weighted by Gasteiger charge is 2.19. The lowest BCUT2D eigenvalue weighted by Gasteiger charge is -1.98. The SMILES string of the molecule is Nc1cc(Br)nc(Br)c1[N+](=O)[O-].Nc1cc(Cl)nc(Cl)c1[N+](=O)[O-]. The van der Waals surface area contributed by atoms with Crippen molar-refractivity contribution in [3.63, 3.8) is 0 Å². The molecule has 0 fully saturated rings. The van der Waals surface area contributed by atoms with Crippen LogP contribution in [0.2, 0.25) is 10.3 Å². The zero-order chi connectivity index (χ0) is 18.6. The maximum Gasteiger partial charge on any atom is 0.329 e. The van der Waals surface area contributed by atoms with Crippen LogP contribution in [0.5, 0.6) is 0 Å². The van der Waals surface area contributed by atoms with E-state index in [2.05, 4.69) is 41.8 Å². The maximum absolute atomic E-state index is 10.4. The summed E-state index contributed by atoms with van der Waals surface area (Å²) < 4.78 is 0.580. The van der Waals surface area contributed by atoms with Crippen molar-refractivity contribution in [2.45, 2.75) is 0 Å². The summed E-state index contributed by atoms with van der Waals surface area (Å²) in [5.41, 5.74) is 10.0. The lowest BCUT2D eigenvalue weighted by Crippen LogP contribution is -1.98. The van der Waals surface area contributed by atoms with Crippen molar-refractivity contribution in [3.8, 4) is 0 Å². The minimum absolute atomic E-state index is 0.0306. The first-order valence-corrected chi connectivity index (χ1v) is 7.90. The fourth-order valence-corrected chi connectivity index (χ4v) is 3.09. The molecule has 0 saturated carbocycles. The van der Waals surface area contributed by atoms with Gasteiger partial charge in [0.25, 0.3) is 0 Å². The molecule has 0 aliphatic heterocycles. The number of hydrogen-bond donors (Lipinski definition) is 2. The molecule has 0 saturated heterocycles. The average Bonchev–Trinajstić information content (AvgIpc) is 2.35. The first kappa shape index (κ1) is 20.3. The van der Waals surface area contributed by atoms with E-state index in [4.69, 9.17) is 34.7 Å². The molecule has 10 nitrogen and oxygen atoms in total. The Bertz CT molecular complexity index is 708. The second-order valence-electron chi connectivity index (χ2n) is 3.86. The number of nitrogens with two attached hydrogens (primary N) is 2. The Balaban J connectivity index is 0.000000240.